The molecule has 2 N–H and O–H groups in total. The molecule has 21 heavy (non-hydrogen) atoms. The first-order chi connectivity index (χ1) is 10.1. The number of nitrogens with zero attached hydrogens (tertiary/aromatic N) is 1. The van der Waals surface area contributed by atoms with Crippen molar-refractivity contribution in [1.29, 1.82) is 0 Å². The van der Waals surface area contributed by atoms with Crippen LogP contribution in [-0.2, 0) is 9.53 Å². The third kappa shape index (κ3) is 6.32. The smallest absolute Gasteiger partial charge is 0.220 e. The number of carbonyl (C=O) groups is 1. The van der Waals surface area contributed by atoms with E-state index in [0.717, 1.165) is 45.8 Å². The van der Waals surface area contributed by atoms with Gasteiger partial charge in [-0.05, 0) is 37.8 Å². The van der Waals surface area contributed by atoms with Gasteiger partial charge in [0, 0.05) is 32.6 Å². The first-order valence-corrected chi connectivity index (χ1v) is 8.45. The van der Waals surface area contributed by atoms with Gasteiger partial charge in [-0.2, -0.15) is 0 Å². The summed E-state index contributed by atoms with van der Waals surface area (Å²) in [4.78, 5) is 14.3. The monoisotopic (exact) mass is 297 g/mol. The molecule has 2 rings (SSSR count). The van der Waals surface area contributed by atoms with Crippen molar-refractivity contribution in [3.63, 3.8) is 0 Å². The second-order valence-electron chi connectivity index (χ2n) is 6.85. The molecule has 2 heterocycles. The van der Waals surface area contributed by atoms with Crippen LogP contribution < -0.4 is 10.6 Å². The quantitative estimate of drug-likeness (QED) is 0.731. The van der Waals surface area contributed by atoms with Crippen molar-refractivity contribution in [2.45, 2.75) is 39.2 Å². The summed E-state index contributed by atoms with van der Waals surface area (Å²) >= 11 is 0. The number of nitrogens with one attached hydrogen (secondary N) is 2. The minimum atomic E-state index is 0.148. The van der Waals surface area contributed by atoms with E-state index in [2.05, 4.69) is 29.4 Å². The minimum absolute atomic E-state index is 0.148. The number of amides is 1. The maximum absolute atomic E-state index is 11.9. The van der Waals surface area contributed by atoms with E-state index >= 15 is 0 Å². The molecule has 2 aliphatic rings. The lowest BCUT2D eigenvalue weighted by molar-refractivity contribution is -0.122. The van der Waals surface area contributed by atoms with E-state index in [9.17, 15) is 4.79 Å². The highest BCUT2D eigenvalue weighted by Gasteiger charge is 2.21. The van der Waals surface area contributed by atoms with Crippen LogP contribution in [0.4, 0.5) is 0 Å². The Morgan fingerprint density at radius 3 is 3.05 bits per heavy atom. The number of hydrogen-bond acceptors (Lipinski definition) is 4. The van der Waals surface area contributed by atoms with Crippen LogP contribution in [0, 0.1) is 11.8 Å². The van der Waals surface area contributed by atoms with Gasteiger partial charge in [0.15, 0.2) is 0 Å². The van der Waals surface area contributed by atoms with Gasteiger partial charge in [-0.3, -0.25) is 9.69 Å². The molecule has 0 spiro atoms. The average molecular weight is 297 g/mol. The van der Waals surface area contributed by atoms with Crippen LogP contribution in [-0.4, -0.2) is 62.8 Å². The fraction of sp³-hybridized carbons (Fsp3) is 0.938. The van der Waals surface area contributed by atoms with E-state index in [4.69, 9.17) is 4.74 Å². The predicted molar refractivity (Wildman–Crippen MR) is 84.2 cm³/mol. The summed E-state index contributed by atoms with van der Waals surface area (Å²) < 4.78 is 5.75. The van der Waals surface area contributed by atoms with Crippen LogP contribution in [0.25, 0.3) is 0 Å². The molecule has 0 aromatic rings. The fourth-order valence-corrected chi connectivity index (χ4v) is 3.20. The molecule has 5 heteroatoms. The molecule has 2 atom stereocenters. The molecule has 2 aliphatic heterocycles. The number of ether oxygens (including phenoxy) is 1. The Bertz CT molecular complexity index is 317. The Morgan fingerprint density at radius 1 is 1.48 bits per heavy atom. The summed E-state index contributed by atoms with van der Waals surface area (Å²) in [6, 6.07) is 0. The maximum atomic E-state index is 11.9. The first kappa shape index (κ1) is 16.7. The van der Waals surface area contributed by atoms with Gasteiger partial charge in [0.05, 0.1) is 12.7 Å². The molecule has 0 aliphatic carbocycles. The van der Waals surface area contributed by atoms with Crippen molar-refractivity contribution < 1.29 is 9.53 Å². The summed E-state index contributed by atoms with van der Waals surface area (Å²) in [5.41, 5.74) is 0. The summed E-state index contributed by atoms with van der Waals surface area (Å²) in [5, 5.41) is 6.38. The molecule has 2 unspecified atom stereocenters. The van der Waals surface area contributed by atoms with Gasteiger partial charge in [0.25, 0.3) is 0 Å². The Balaban J connectivity index is 1.59. The highest BCUT2D eigenvalue weighted by atomic mass is 16.5. The minimum Gasteiger partial charge on any atom is -0.374 e. The van der Waals surface area contributed by atoms with Crippen molar-refractivity contribution in [3.8, 4) is 0 Å². The standard InChI is InChI=1S/C16H31N3O2/c1-13(2)11-19-7-8-21-15(12-19)10-18-16(20)4-3-14-5-6-17-9-14/h13-15,17H,3-12H2,1-2H3,(H,18,20). The maximum Gasteiger partial charge on any atom is 0.220 e. The van der Waals surface area contributed by atoms with Crippen molar-refractivity contribution >= 4 is 5.91 Å². The summed E-state index contributed by atoms with van der Waals surface area (Å²) in [5.74, 6) is 1.54. The summed E-state index contributed by atoms with van der Waals surface area (Å²) in [7, 11) is 0. The van der Waals surface area contributed by atoms with E-state index in [1.165, 1.54) is 6.42 Å². The van der Waals surface area contributed by atoms with E-state index in [1.807, 2.05) is 0 Å². The highest BCUT2D eigenvalue weighted by Crippen LogP contribution is 2.14. The van der Waals surface area contributed by atoms with Gasteiger partial charge in [0.1, 0.15) is 0 Å². The Morgan fingerprint density at radius 2 is 2.33 bits per heavy atom. The zero-order chi connectivity index (χ0) is 15.1. The van der Waals surface area contributed by atoms with Crippen LogP contribution in [0.1, 0.15) is 33.1 Å². The average Bonchev–Trinajstić information content (AvgIpc) is 2.96. The second-order valence-corrected chi connectivity index (χ2v) is 6.85. The van der Waals surface area contributed by atoms with Gasteiger partial charge in [-0.1, -0.05) is 13.8 Å². The molecule has 122 valence electrons. The summed E-state index contributed by atoms with van der Waals surface area (Å²) in [6.07, 6.45) is 3.01. The predicted octanol–water partition coefficient (Wildman–Crippen LogP) is 0.849. The normalized spacial score (nSPS) is 27.2. The van der Waals surface area contributed by atoms with E-state index in [0.29, 0.717) is 24.8 Å². The molecule has 2 saturated heterocycles. The van der Waals surface area contributed by atoms with Crippen molar-refractivity contribution in [3.05, 3.63) is 0 Å². The van der Waals surface area contributed by atoms with Crippen LogP contribution in [0.5, 0.6) is 0 Å². The van der Waals surface area contributed by atoms with Crippen molar-refractivity contribution in [2.24, 2.45) is 11.8 Å². The lowest BCUT2D eigenvalue weighted by Crippen LogP contribution is -2.48. The van der Waals surface area contributed by atoms with Crippen molar-refractivity contribution in [2.75, 3.05) is 45.9 Å². The van der Waals surface area contributed by atoms with Crippen LogP contribution in [0.2, 0.25) is 0 Å². The van der Waals surface area contributed by atoms with Gasteiger partial charge in [-0.25, -0.2) is 0 Å². The molecule has 0 radical (unpaired) electrons. The third-order valence-electron chi connectivity index (χ3n) is 4.32. The third-order valence-corrected chi connectivity index (χ3v) is 4.32. The van der Waals surface area contributed by atoms with Gasteiger partial charge in [-0.15, -0.1) is 0 Å². The Labute approximate surface area is 128 Å². The van der Waals surface area contributed by atoms with Crippen LogP contribution >= 0.6 is 0 Å². The largest absolute Gasteiger partial charge is 0.374 e. The molecule has 2 fully saturated rings. The molecular formula is C16H31N3O2. The molecule has 0 saturated carbocycles. The molecule has 0 aromatic heterocycles. The van der Waals surface area contributed by atoms with E-state index in [1.54, 1.807) is 0 Å². The fourth-order valence-electron chi connectivity index (χ4n) is 3.20. The molecule has 1 amide bonds. The zero-order valence-corrected chi connectivity index (χ0v) is 13.6. The lowest BCUT2D eigenvalue weighted by atomic mass is 10.0. The molecule has 0 aromatic carbocycles. The number of hydrogen-bond donors (Lipinski definition) is 2. The SMILES string of the molecule is CC(C)CN1CCOC(CNC(=O)CCC2CCNC2)C1. The number of rotatable bonds is 7. The lowest BCUT2D eigenvalue weighted by Gasteiger charge is -2.34. The van der Waals surface area contributed by atoms with Crippen LogP contribution in [0.3, 0.4) is 0 Å². The van der Waals surface area contributed by atoms with Gasteiger partial charge in [0.2, 0.25) is 5.91 Å². The Kier molecular flexibility index (Phi) is 6.93. The van der Waals surface area contributed by atoms with E-state index < -0.39 is 0 Å². The summed E-state index contributed by atoms with van der Waals surface area (Å²) in [6.45, 7) is 11.1. The second kappa shape index (κ2) is 8.71. The highest BCUT2D eigenvalue weighted by molar-refractivity contribution is 5.75. The topological polar surface area (TPSA) is 53.6 Å². The first-order valence-electron chi connectivity index (χ1n) is 8.45. The number of carbonyl (C=O) groups excluding carboxylic acids is 1. The molecule has 0 bridgehead atoms. The van der Waals surface area contributed by atoms with E-state index in [-0.39, 0.29) is 12.0 Å². The zero-order valence-electron chi connectivity index (χ0n) is 13.6. The molecule has 5 nitrogen and oxygen atoms in total. The van der Waals surface area contributed by atoms with Gasteiger partial charge < -0.3 is 15.4 Å². The van der Waals surface area contributed by atoms with Crippen molar-refractivity contribution in [1.82, 2.24) is 15.5 Å². The molecular weight excluding hydrogens is 266 g/mol. The number of morpholine rings is 1. The van der Waals surface area contributed by atoms with Crippen LogP contribution in [0.15, 0.2) is 0 Å². The Hall–Kier alpha value is -0.650. The van der Waals surface area contributed by atoms with Gasteiger partial charge >= 0.3 is 0 Å².